The Balaban J connectivity index is 2.01. The van der Waals surface area contributed by atoms with Crippen LogP contribution in [0.15, 0.2) is 48.5 Å². The van der Waals surface area contributed by atoms with Gasteiger partial charge in [0.1, 0.15) is 5.69 Å². The van der Waals surface area contributed by atoms with Crippen LogP contribution in [0.2, 0.25) is 0 Å². The van der Waals surface area contributed by atoms with Gasteiger partial charge in [0.15, 0.2) is 6.29 Å². The summed E-state index contributed by atoms with van der Waals surface area (Å²) in [6, 6.07) is 15.9. The molecule has 0 bridgehead atoms. The van der Waals surface area contributed by atoms with E-state index in [0.29, 0.717) is 25.3 Å². The lowest BCUT2D eigenvalue weighted by atomic mass is 10.1. The largest absolute Gasteiger partial charge is 0.477 e. The Morgan fingerprint density at radius 2 is 1.89 bits per heavy atom. The standard InChI is InChI=1S/C22H26N2O4/c1-15-7-6-8-16(11-15)14-24-19-10-5-4-9-17(19)18(21(24)22(25)26)12-23-13-20(27-2)28-3/h4-11,20,23H,12-14H2,1-3H3,(H,25,26). The molecule has 148 valence electrons. The van der Waals surface area contributed by atoms with Gasteiger partial charge in [-0.2, -0.15) is 0 Å². The third-order valence-corrected chi connectivity index (χ3v) is 4.84. The molecule has 1 aromatic heterocycles. The van der Waals surface area contributed by atoms with Gasteiger partial charge in [0.2, 0.25) is 0 Å². The Hall–Kier alpha value is -2.67. The first kappa shape index (κ1) is 20.1. The minimum Gasteiger partial charge on any atom is -0.477 e. The molecule has 0 aliphatic carbocycles. The minimum absolute atomic E-state index is 0.307. The first-order valence-corrected chi connectivity index (χ1v) is 9.20. The summed E-state index contributed by atoms with van der Waals surface area (Å²) in [7, 11) is 3.15. The van der Waals surface area contributed by atoms with Crippen LogP contribution in [-0.2, 0) is 22.6 Å². The molecule has 0 saturated heterocycles. The predicted octanol–water partition coefficient (Wildman–Crippen LogP) is 3.40. The summed E-state index contributed by atoms with van der Waals surface area (Å²) in [5.74, 6) is -0.935. The summed E-state index contributed by atoms with van der Waals surface area (Å²) in [6.07, 6.45) is -0.381. The van der Waals surface area contributed by atoms with E-state index in [4.69, 9.17) is 9.47 Å². The molecule has 0 atom stereocenters. The molecule has 3 rings (SSSR count). The third-order valence-electron chi connectivity index (χ3n) is 4.84. The summed E-state index contributed by atoms with van der Waals surface area (Å²) in [5, 5.41) is 14.2. The highest BCUT2D eigenvalue weighted by Crippen LogP contribution is 2.27. The fourth-order valence-electron chi connectivity index (χ4n) is 3.53. The van der Waals surface area contributed by atoms with E-state index in [1.807, 2.05) is 54.0 Å². The smallest absolute Gasteiger partial charge is 0.352 e. The van der Waals surface area contributed by atoms with Crippen molar-refractivity contribution < 1.29 is 19.4 Å². The second kappa shape index (κ2) is 9.01. The highest BCUT2D eigenvalue weighted by Gasteiger charge is 2.22. The van der Waals surface area contributed by atoms with Crippen LogP contribution >= 0.6 is 0 Å². The molecule has 0 fully saturated rings. The Morgan fingerprint density at radius 3 is 2.57 bits per heavy atom. The molecule has 6 heteroatoms. The summed E-state index contributed by atoms with van der Waals surface area (Å²) in [5.41, 5.74) is 4.20. The molecule has 0 unspecified atom stereocenters. The van der Waals surface area contributed by atoms with Crippen LogP contribution in [0.3, 0.4) is 0 Å². The van der Waals surface area contributed by atoms with Crippen molar-refractivity contribution in [2.75, 3.05) is 20.8 Å². The van der Waals surface area contributed by atoms with Crippen molar-refractivity contribution >= 4 is 16.9 Å². The lowest BCUT2D eigenvalue weighted by Gasteiger charge is -2.14. The quantitative estimate of drug-likeness (QED) is 0.555. The molecule has 0 saturated carbocycles. The number of hydrogen-bond acceptors (Lipinski definition) is 4. The van der Waals surface area contributed by atoms with Crippen LogP contribution in [0, 0.1) is 6.92 Å². The maximum atomic E-state index is 12.2. The zero-order valence-corrected chi connectivity index (χ0v) is 16.4. The minimum atomic E-state index is -0.935. The van der Waals surface area contributed by atoms with E-state index >= 15 is 0 Å². The van der Waals surface area contributed by atoms with E-state index in [9.17, 15) is 9.90 Å². The number of carboxylic acid groups (broad SMARTS) is 1. The number of nitrogens with one attached hydrogen (secondary N) is 1. The van der Waals surface area contributed by atoms with E-state index in [2.05, 4.69) is 11.4 Å². The fraction of sp³-hybridized carbons (Fsp3) is 0.318. The molecule has 0 aliphatic heterocycles. The maximum absolute atomic E-state index is 12.2. The number of benzene rings is 2. The van der Waals surface area contributed by atoms with Gasteiger partial charge >= 0.3 is 5.97 Å². The van der Waals surface area contributed by atoms with Gasteiger partial charge in [0.05, 0.1) is 0 Å². The molecule has 2 N–H and O–H groups in total. The summed E-state index contributed by atoms with van der Waals surface area (Å²) >= 11 is 0. The Morgan fingerprint density at radius 1 is 1.14 bits per heavy atom. The highest BCUT2D eigenvalue weighted by atomic mass is 16.7. The third kappa shape index (κ3) is 4.25. The first-order chi connectivity index (χ1) is 13.5. The van der Waals surface area contributed by atoms with Crippen LogP contribution in [0.5, 0.6) is 0 Å². The SMILES string of the molecule is COC(CNCc1c(C(=O)O)n(Cc2cccc(C)c2)c2ccccc12)OC. The van der Waals surface area contributed by atoms with Gasteiger partial charge in [-0.25, -0.2) is 4.79 Å². The average Bonchev–Trinajstić information content (AvgIpc) is 2.99. The number of fused-ring (bicyclic) bond motifs is 1. The molecule has 2 aromatic carbocycles. The normalized spacial score (nSPS) is 11.4. The van der Waals surface area contributed by atoms with Gasteiger partial charge in [0.25, 0.3) is 0 Å². The zero-order chi connectivity index (χ0) is 20.1. The molecule has 3 aromatic rings. The van der Waals surface area contributed by atoms with Crippen LogP contribution in [0.25, 0.3) is 10.9 Å². The molecule has 6 nitrogen and oxygen atoms in total. The van der Waals surface area contributed by atoms with Crippen LogP contribution in [0.1, 0.15) is 27.2 Å². The predicted molar refractivity (Wildman–Crippen MR) is 109 cm³/mol. The van der Waals surface area contributed by atoms with E-state index in [0.717, 1.165) is 27.6 Å². The molecule has 0 spiro atoms. The summed E-state index contributed by atoms with van der Waals surface area (Å²) in [6.45, 7) is 3.41. The number of nitrogens with zero attached hydrogens (tertiary/aromatic N) is 1. The van der Waals surface area contributed by atoms with Gasteiger partial charge in [-0.1, -0.05) is 48.0 Å². The number of rotatable bonds is 9. The second-order valence-electron chi connectivity index (χ2n) is 6.76. The molecule has 28 heavy (non-hydrogen) atoms. The van der Waals surface area contributed by atoms with Gasteiger partial charge in [-0.15, -0.1) is 0 Å². The van der Waals surface area contributed by atoms with Crippen molar-refractivity contribution in [1.82, 2.24) is 9.88 Å². The number of carbonyl (C=O) groups is 1. The number of ether oxygens (including phenoxy) is 2. The Kier molecular flexibility index (Phi) is 6.46. The number of carboxylic acids is 1. The highest BCUT2D eigenvalue weighted by molar-refractivity contribution is 5.98. The number of hydrogen-bond donors (Lipinski definition) is 2. The number of para-hydroxylation sites is 1. The number of aromatic carboxylic acids is 1. The van der Waals surface area contributed by atoms with Crippen LogP contribution in [0.4, 0.5) is 0 Å². The number of aryl methyl sites for hydroxylation is 1. The van der Waals surface area contributed by atoms with Crippen molar-refractivity contribution in [2.45, 2.75) is 26.3 Å². The second-order valence-corrected chi connectivity index (χ2v) is 6.76. The molecule has 0 amide bonds. The lowest BCUT2D eigenvalue weighted by molar-refractivity contribution is -0.0988. The first-order valence-electron chi connectivity index (χ1n) is 9.20. The zero-order valence-electron chi connectivity index (χ0n) is 16.4. The average molecular weight is 382 g/mol. The molecular weight excluding hydrogens is 356 g/mol. The van der Waals surface area contributed by atoms with E-state index < -0.39 is 5.97 Å². The molecular formula is C22H26N2O4. The molecule has 0 radical (unpaired) electrons. The maximum Gasteiger partial charge on any atom is 0.352 e. The lowest BCUT2D eigenvalue weighted by Crippen LogP contribution is -2.29. The van der Waals surface area contributed by atoms with E-state index in [-0.39, 0.29) is 6.29 Å². The van der Waals surface area contributed by atoms with Gasteiger partial charge in [0, 0.05) is 50.3 Å². The van der Waals surface area contributed by atoms with Crippen LogP contribution in [-0.4, -0.2) is 42.7 Å². The number of aromatic nitrogens is 1. The van der Waals surface area contributed by atoms with Crippen molar-refractivity contribution in [3.05, 3.63) is 70.9 Å². The van der Waals surface area contributed by atoms with Crippen LogP contribution < -0.4 is 5.32 Å². The van der Waals surface area contributed by atoms with Crippen molar-refractivity contribution in [2.24, 2.45) is 0 Å². The topological polar surface area (TPSA) is 72.7 Å². The van der Waals surface area contributed by atoms with Crippen molar-refractivity contribution in [3.8, 4) is 0 Å². The Bertz CT molecular complexity index is 960. The van der Waals surface area contributed by atoms with E-state index in [1.165, 1.54) is 0 Å². The molecule has 1 heterocycles. The van der Waals surface area contributed by atoms with Gasteiger partial charge in [-0.05, 0) is 18.6 Å². The monoisotopic (exact) mass is 382 g/mol. The summed E-state index contributed by atoms with van der Waals surface area (Å²) in [4.78, 5) is 12.2. The van der Waals surface area contributed by atoms with Gasteiger partial charge in [-0.3, -0.25) is 0 Å². The van der Waals surface area contributed by atoms with Crippen molar-refractivity contribution in [1.29, 1.82) is 0 Å². The summed E-state index contributed by atoms with van der Waals surface area (Å²) < 4.78 is 12.3. The van der Waals surface area contributed by atoms with Gasteiger partial charge < -0.3 is 24.5 Å². The number of methoxy groups -OCH3 is 2. The Labute approximate surface area is 164 Å². The van der Waals surface area contributed by atoms with E-state index in [1.54, 1.807) is 14.2 Å². The van der Waals surface area contributed by atoms with Crippen molar-refractivity contribution in [3.63, 3.8) is 0 Å². The molecule has 0 aliphatic rings. The fourth-order valence-corrected chi connectivity index (χ4v) is 3.53.